The minimum atomic E-state index is -0.303. The lowest BCUT2D eigenvalue weighted by atomic mass is 10.1. The van der Waals surface area contributed by atoms with Crippen LogP contribution >= 0.6 is 11.6 Å². The van der Waals surface area contributed by atoms with Gasteiger partial charge in [0.15, 0.2) is 0 Å². The molecule has 0 bridgehead atoms. The minimum absolute atomic E-state index is 0.0965. The SMILES string of the molecule is CCOc1nc(Cl)nc(NC(C)(C)COC)n1. The van der Waals surface area contributed by atoms with Crippen molar-refractivity contribution in [2.75, 3.05) is 25.6 Å². The maximum atomic E-state index is 5.78. The van der Waals surface area contributed by atoms with E-state index >= 15 is 0 Å². The Morgan fingerprint density at radius 2 is 2.00 bits per heavy atom. The number of aromatic nitrogens is 3. The van der Waals surface area contributed by atoms with Gasteiger partial charge in [-0.2, -0.15) is 15.0 Å². The molecule has 6 nitrogen and oxygen atoms in total. The molecule has 0 unspecified atom stereocenters. The summed E-state index contributed by atoms with van der Waals surface area (Å²) in [7, 11) is 1.63. The molecule has 0 atom stereocenters. The quantitative estimate of drug-likeness (QED) is 0.841. The van der Waals surface area contributed by atoms with E-state index in [4.69, 9.17) is 21.1 Å². The van der Waals surface area contributed by atoms with Crippen molar-refractivity contribution in [3.05, 3.63) is 5.28 Å². The van der Waals surface area contributed by atoms with E-state index in [1.807, 2.05) is 20.8 Å². The predicted molar refractivity (Wildman–Crippen MR) is 65.6 cm³/mol. The molecule has 0 spiro atoms. The Balaban J connectivity index is 2.83. The molecular weight excluding hydrogens is 244 g/mol. The number of methoxy groups -OCH3 is 1. The topological polar surface area (TPSA) is 69.2 Å². The maximum Gasteiger partial charge on any atom is 0.322 e. The molecule has 1 aromatic heterocycles. The highest BCUT2D eigenvalue weighted by Crippen LogP contribution is 2.15. The van der Waals surface area contributed by atoms with Gasteiger partial charge in [-0.3, -0.25) is 0 Å². The predicted octanol–water partition coefficient (Wildman–Crippen LogP) is 1.76. The normalized spacial score (nSPS) is 11.4. The number of nitrogens with one attached hydrogen (secondary N) is 1. The van der Waals surface area contributed by atoms with Crippen molar-refractivity contribution >= 4 is 17.5 Å². The van der Waals surface area contributed by atoms with E-state index in [0.717, 1.165) is 0 Å². The van der Waals surface area contributed by atoms with Crippen molar-refractivity contribution in [1.82, 2.24) is 15.0 Å². The fourth-order valence-electron chi connectivity index (χ4n) is 1.28. The van der Waals surface area contributed by atoms with E-state index in [1.165, 1.54) is 0 Å². The van der Waals surface area contributed by atoms with Crippen LogP contribution in [0.3, 0.4) is 0 Å². The molecule has 0 saturated heterocycles. The third kappa shape index (κ3) is 4.70. The number of rotatable bonds is 6. The van der Waals surface area contributed by atoms with E-state index in [2.05, 4.69) is 20.3 Å². The highest BCUT2D eigenvalue weighted by Gasteiger charge is 2.19. The number of anilines is 1. The molecular formula is C10H17ClN4O2. The first-order chi connectivity index (χ1) is 7.96. The first kappa shape index (κ1) is 13.9. The average Bonchev–Trinajstić information content (AvgIpc) is 2.15. The zero-order valence-electron chi connectivity index (χ0n) is 10.5. The second-order valence-corrected chi connectivity index (χ2v) is 4.42. The summed E-state index contributed by atoms with van der Waals surface area (Å²) < 4.78 is 10.3. The summed E-state index contributed by atoms with van der Waals surface area (Å²) in [5.74, 6) is 0.371. The van der Waals surface area contributed by atoms with Gasteiger partial charge in [-0.15, -0.1) is 0 Å². The number of hydrogen-bond acceptors (Lipinski definition) is 6. The van der Waals surface area contributed by atoms with E-state index in [1.54, 1.807) is 7.11 Å². The maximum absolute atomic E-state index is 5.78. The molecule has 1 heterocycles. The fourth-order valence-corrected chi connectivity index (χ4v) is 1.43. The molecule has 0 saturated carbocycles. The van der Waals surface area contributed by atoms with Gasteiger partial charge in [-0.25, -0.2) is 0 Å². The molecule has 0 aliphatic heterocycles. The second kappa shape index (κ2) is 5.97. The summed E-state index contributed by atoms with van der Waals surface area (Å²) in [5.41, 5.74) is -0.303. The Labute approximate surface area is 106 Å². The van der Waals surface area contributed by atoms with Crippen LogP contribution in [-0.4, -0.2) is 40.8 Å². The summed E-state index contributed by atoms with van der Waals surface area (Å²) in [6.07, 6.45) is 0. The van der Waals surface area contributed by atoms with Gasteiger partial charge < -0.3 is 14.8 Å². The zero-order chi connectivity index (χ0) is 12.9. The standard InChI is InChI=1S/C10H17ClN4O2/c1-5-17-9-13-7(11)12-8(14-9)15-10(2,3)6-16-4/h5-6H2,1-4H3,(H,12,13,14,15). The molecule has 0 amide bonds. The van der Waals surface area contributed by atoms with E-state index < -0.39 is 0 Å². The van der Waals surface area contributed by atoms with Crippen LogP contribution in [0.1, 0.15) is 20.8 Å². The van der Waals surface area contributed by atoms with Gasteiger partial charge in [0.2, 0.25) is 11.2 Å². The first-order valence-corrected chi connectivity index (χ1v) is 5.66. The van der Waals surface area contributed by atoms with Gasteiger partial charge in [-0.1, -0.05) is 0 Å². The molecule has 1 N–H and O–H groups in total. The third-order valence-electron chi connectivity index (χ3n) is 1.82. The van der Waals surface area contributed by atoms with Crippen molar-refractivity contribution in [3.63, 3.8) is 0 Å². The summed E-state index contributed by atoms with van der Waals surface area (Å²) in [4.78, 5) is 11.9. The van der Waals surface area contributed by atoms with Crippen LogP contribution in [0.15, 0.2) is 0 Å². The Hall–Kier alpha value is -1.14. The first-order valence-electron chi connectivity index (χ1n) is 5.28. The zero-order valence-corrected chi connectivity index (χ0v) is 11.2. The lowest BCUT2D eigenvalue weighted by molar-refractivity contribution is 0.157. The van der Waals surface area contributed by atoms with Gasteiger partial charge >= 0.3 is 6.01 Å². The monoisotopic (exact) mass is 260 g/mol. The lowest BCUT2D eigenvalue weighted by Gasteiger charge is -2.25. The van der Waals surface area contributed by atoms with Crippen LogP contribution in [-0.2, 0) is 4.74 Å². The highest BCUT2D eigenvalue weighted by molar-refractivity contribution is 6.28. The van der Waals surface area contributed by atoms with Crippen molar-refractivity contribution in [2.24, 2.45) is 0 Å². The molecule has 0 fully saturated rings. The average molecular weight is 261 g/mol. The molecule has 1 rings (SSSR count). The van der Waals surface area contributed by atoms with Gasteiger partial charge in [0.25, 0.3) is 0 Å². The Bertz CT molecular complexity index is 373. The smallest absolute Gasteiger partial charge is 0.322 e. The van der Waals surface area contributed by atoms with Crippen molar-refractivity contribution in [2.45, 2.75) is 26.3 Å². The fraction of sp³-hybridized carbons (Fsp3) is 0.700. The second-order valence-electron chi connectivity index (χ2n) is 4.09. The molecule has 0 aliphatic rings. The van der Waals surface area contributed by atoms with E-state index in [0.29, 0.717) is 19.2 Å². The Kier molecular flexibility index (Phi) is 4.89. The van der Waals surface area contributed by atoms with Gasteiger partial charge in [0, 0.05) is 7.11 Å². The number of halogens is 1. The molecule has 0 aliphatic carbocycles. The molecule has 0 radical (unpaired) electrons. The van der Waals surface area contributed by atoms with E-state index in [9.17, 15) is 0 Å². The van der Waals surface area contributed by atoms with Crippen LogP contribution in [0.2, 0.25) is 5.28 Å². The van der Waals surface area contributed by atoms with E-state index in [-0.39, 0.29) is 16.8 Å². The summed E-state index contributed by atoms with van der Waals surface area (Å²) in [6.45, 7) is 6.77. The van der Waals surface area contributed by atoms with Crippen molar-refractivity contribution < 1.29 is 9.47 Å². The van der Waals surface area contributed by atoms with Crippen molar-refractivity contribution in [3.8, 4) is 6.01 Å². The highest BCUT2D eigenvalue weighted by atomic mass is 35.5. The Morgan fingerprint density at radius 1 is 1.29 bits per heavy atom. The molecule has 96 valence electrons. The molecule has 17 heavy (non-hydrogen) atoms. The third-order valence-corrected chi connectivity index (χ3v) is 1.99. The van der Waals surface area contributed by atoms with Crippen molar-refractivity contribution in [1.29, 1.82) is 0 Å². The molecule has 1 aromatic rings. The summed E-state index contributed by atoms with van der Waals surface area (Å²) >= 11 is 5.78. The van der Waals surface area contributed by atoms with Crippen LogP contribution in [0.4, 0.5) is 5.95 Å². The van der Waals surface area contributed by atoms with Crippen LogP contribution < -0.4 is 10.1 Å². The molecule has 7 heteroatoms. The minimum Gasteiger partial charge on any atom is -0.464 e. The molecule has 0 aromatic carbocycles. The van der Waals surface area contributed by atoms with Gasteiger partial charge in [-0.05, 0) is 32.4 Å². The summed E-state index contributed by atoms with van der Waals surface area (Å²) in [6, 6.07) is 0.211. The Morgan fingerprint density at radius 3 is 2.59 bits per heavy atom. The summed E-state index contributed by atoms with van der Waals surface area (Å²) in [5, 5.41) is 3.20. The number of hydrogen-bond donors (Lipinski definition) is 1. The van der Waals surface area contributed by atoms with Crippen LogP contribution in [0, 0.1) is 0 Å². The number of ether oxygens (including phenoxy) is 2. The van der Waals surface area contributed by atoms with Gasteiger partial charge in [0.1, 0.15) is 0 Å². The van der Waals surface area contributed by atoms with Crippen LogP contribution in [0.25, 0.3) is 0 Å². The largest absolute Gasteiger partial charge is 0.464 e. The number of nitrogens with zero attached hydrogens (tertiary/aromatic N) is 3. The lowest BCUT2D eigenvalue weighted by Crippen LogP contribution is -2.36. The van der Waals surface area contributed by atoms with Crippen LogP contribution in [0.5, 0.6) is 6.01 Å². The van der Waals surface area contributed by atoms with Gasteiger partial charge in [0.05, 0.1) is 18.8 Å².